The van der Waals surface area contributed by atoms with Crippen LogP contribution in [0.3, 0.4) is 0 Å². The summed E-state index contributed by atoms with van der Waals surface area (Å²) in [7, 11) is 0. The van der Waals surface area contributed by atoms with Gasteiger partial charge in [-0.25, -0.2) is 0 Å². The Morgan fingerprint density at radius 1 is 1.24 bits per heavy atom. The number of benzene rings is 1. The Balaban J connectivity index is 1.98. The summed E-state index contributed by atoms with van der Waals surface area (Å²) in [5.74, 6) is 0.993. The number of anilines is 1. The molecule has 21 heavy (non-hydrogen) atoms. The summed E-state index contributed by atoms with van der Waals surface area (Å²) in [6, 6.07) is 7.01. The molecule has 3 nitrogen and oxygen atoms in total. The van der Waals surface area contributed by atoms with E-state index in [0.29, 0.717) is 12.6 Å². The molecule has 1 heterocycles. The van der Waals surface area contributed by atoms with Crippen molar-refractivity contribution in [3.8, 4) is 5.75 Å². The molecule has 1 aromatic carbocycles. The monoisotopic (exact) mass is 290 g/mol. The van der Waals surface area contributed by atoms with E-state index in [1.807, 2.05) is 6.92 Å². The summed E-state index contributed by atoms with van der Waals surface area (Å²) < 4.78 is 5.78. The van der Waals surface area contributed by atoms with Gasteiger partial charge in [0, 0.05) is 12.6 Å². The highest BCUT2D eigenvalue weighted by atomic mass is 16.5. The number of hydrogen-bond donors (Lipinski definition) is 1. The first kappa shape index (κ1) is 16.2. The molecule has 0 radical (unpaired) electrons. The van der Waals surface area contributed by atoms with E-state index in [2.05, 4.69) is 42.3 Å². The first-order chi connectivity index (χ1) is 10.2. The Hall–Kier alpha value is -1.22. The molecule has 1 aromatic rings. The smallest absolute Gasteiger partial charge is 0.142 e. The van der Waals surface area contributed by atoms with Crippen molar-refractivity contribution < 1.29 is 4.74 Å². The molecule has 118 valence electrons. The van der Waals surface area contributed by atoms with E-state index in [9.17, 15) is 0 Å². The van der Waals surface area contributed by atoms with Gasteiger partial charge in [-0.1, -0.05) is 13.0 Å². The van der Waals surface area contributed by atoms with Crippen molar-refractivity contribution >= 4 is 5.69 Å². The van der Waals surface area contributed by atoms with Gasteiger partial charge in [0.2, 0.25) is 0 Å². The normalized spacial score (nSPS) is 20.0. The number of nitrogens with zero attached hydrogens (tertiary/aromatic N) is 1. The van der Waals surface area contributed by atoms with Crippen molar-refractivity contribution in [1.29, 1.82) is 0 Å². The fourth-order valence-corrected chi connectivity index (χ4v) is 3.08. The molecule has 0 bridgehead atoms. The molecule has 1 aliphatic rings. The van der Waals surface area contributed by atoms with Gasteiger partial charge in [0.05, 0.1) is 12.3 Å². The third kappa shape index (κ3) is 4.92. The van der Waals surface area contributed by atoms with Crippen LogP contribution in [0.25, 0.3) is 0 Å². The maximum absolute atomic E-state index is 5.78. The van der Waals surface area contributed by atoms with Gasteiger partial charge in [0.1, 0.15) is 5.75 Å². The van der Waals surface area contributed by atoms with Crippen molar-refractivity contribution in [2.45, 2.75) is 52.5 Å². The highest BCUT2D eigenvalue weighted by Crippen LogP contribution is 2.28. The van der Waals surface area contributed by atoms with Gasteiger partial charge in [0.25, 0.3) is 0 Å². The van der Waals surface area contributed by atoms with Crippen molar-refractivity contribution in [1.82, 2.24) is 4.90 Å². The van der Waals surface area contributed by atoms with Crippen LogP contribution in [-0.2, 0) is 0 Å². The molecule has 1 fully saturated rings. The van der Waals surface area contributed by atoms with Crippen LogP contribution in [0.2, 0.25) is 0 Å². The molecule has 1 N–H and O–H groups in total. The highest BCUT2D eigenvalue weighted by Gasteiger charge is 2.17. The van der Waals surface area contributed by atoms with Crippen molar-refractivity contribution in [3.05, 3.63) is 23.8 Å². The zero-order valence-corrected chi connectivity index (χ0v) is 13.8. The molecule has 3 heteroatoms. The predicted octanol–water partition coefficient (Wildman–Crippen LogP) is 4.07. The number of aryl methyl sites for hydroxylation is 1. The average molecular weight is 290 g/mol. The van der Waals surface area contributed by atoms with Crippen LogP contribution >= 0.6 is 0 Å². The van der Waals surface area contributed by atoms with E-state index in [4.69, 9.17) is 4.74 Å². The minimum atomic E-state index is 0.564. The maximum atomic E-state index is 5.78. The first-order valence-corrected chi connectivity index (χ1v) is 8.45. The zero-order valence-electron chi connectivity index (χ0n) is 13.8. The van der Waals surface area contributed by atoms with Crippen LogP contribution < -0.4 is 10.1 Å². The Morgan fingerprint density at radius 3 is 2.86 bits per heavy atom. The van der Waals surface area contributed by atoms with E-state index < -0.39 is 0 Å². The fraction of sp³-hybridized carbons (Fsp3) is 0.667. The van der Waals surface area contributed by atoms with Crippen LogP contribution in [0.5, 0.6) is 5.75 Å². The summed E-state index contributed by atoms with van der Waals surface area (Å²) in [5, 5.41) is 3.71. The highest BCUT2D eigenvalue weighted by molar-refractivity contribution is 5.58. The number of likely N-dealkylation sites (tertiary alicyclic amines) is 1. The van der Waals surface area contributed by atoms with Crippen molar-refractivity contribution in [3.63, 3.8) is 0 Å². The van der Waals surface area contributed by atoms with Crippen LogP contribution in [0.4, 0.5) is 5.69 Å². The molecule has 1 aliphatic heterocycles. The number of rotatable bonds is 6. The molecule has 0 aromatic heterocycles. The summed E-state index contributed by atoms with van der Waals surface area (Å²) in [6.07, 6.45) is 5.01. The second-order valence-corrected chi connectivity index (χ2v) is 6.05. The third-order valence-corrected chi connectivity index (χ3v) is 4.16. The molecule has 0 aliphatic carbocycles. The minimum absolute atomic E-state index is 0.564. The zero-order chi connectivity index (χ0) is 15.1. The van der Waals surface area contributed by atoms with Gasteiger partial charge in [-0.2, -0.15) is 0 Å². The minimum Gasteiger partial charge on any atom is -0.492 e. The second-order valence-electron chi connectivity index (χ2n) is 6.05. The van der Waals surface area contributed by atoms with Crippen LogP contribution in [0.15, 0.2) is 18.2 Å². The fourth-order valence-electron chi connectivity index (χ4n) is 3.08. The van der Waals surface area contributed by atoms with Gasteiger partial charge in [-0.15, -0.1) is 0 Å². The van der Waals surface area contributed by atoms with Gasteiger partial charge in [-0.05, 0) is 70.3 Å². The number of nitrogens with one attached hydrogen (secondary N) is 1. The Morgan fingerprint density at radius 2 is 2.10 bits per heavy atom. The van der Waals surface area contributed by atoms with Crippen molar-refractivity contribution in [2.75, 3.05) is 31.6 Å². The van der Waals surface area contributed by atoms with E-state index in [-0.39, 0.29) is 0 Å². The van der Waals surface area contributed by atoms with Crippen LogP contribution in [0, 0.1) is 6.92 Å². The van der Waals surface area contributed by atoms with Crippen LogP contribution in [-0.4, -0.2) is 37.2 Å². The number of hydrogen-bond acceptors (Lipinski definition) is 3. The van der Waals surface area contributed by atoms with Gasteiger partial charge in [-0.3, -0.25) is 0 Å². The Labute approximate surface area is 129 Å². The molecule has 0 amide bonds. The molecule has 2 rings (SSSR count). The third-order valence-electron chi connectivity index (χ3n) is 4.16. The molecule has 0 saturated carbocycles. The van der Waals surface area contributed by atoms with Crippen LogP contribution in [0.1, 0.15) is 45.1 Å². The summed E-state index contributed by atoms with van der Waals surface area (Å²) >= 11 is 0. The van der Waals surface area contributed by atoms with Gasteiger partial charge >= 0.3 is 0 Å². The van der Waals surface area contributed by atoms with Crippen molar-refractivity contribution in [2.24, 2.45) is 0 Å². The Kier molecular flexibility index (Phi) is 6.37. The van der Waals surface area contributed by atoms with Gasteiger partial charge in [0.15, 0.2) is 0 Å². The average Bonchev–Trinajstić information content (AvgIpc) is 2.68. The lowest BCUT2D eigenvalue weighted by atomic mass is 10.1. The SMILES string of the molecule is CCCN1CCCC(Nc2ccc(C)cc2OCC)CC1. The summed E-state index contributed by atoms with van der Waals surface area (Å²) in [6.45, 7) is 10.8. The van der Waals surface area contributed by atoms with E-state index >= 15 is 0 Å². The first-order valence-electron chi connectivity index (χ1n) is 8.45. The Bertz CT molecular complexity index is 433. The molecular formula is C18H30N2O. The molecule has 1 saturated heterocycles. The molecule has 0 spiro atoms. The summed E-state index contributed by atoms with van der Waals surface area (Å²) in [4.78, 5) is 2.60. The topological polar surface area (TPSA) is 24.5 Å². The number of ether oxygens (including phenoxy) is 1. The molecular weight excluding hydrogens is 260 g/mol. The maximum Gasteiger partial charge on any atom is 0.142 e. The van der Waals surface area contributed by atoms with E-state index in [1.165, 1.54) is 50.9 Å². The standard InChI is InChI=1S/C18H30N2O/c1-4-11-20-12-6-7-16(10-13-20)19-17-9-8-15(3)14-18(17)21-5-2/h8-9,14,16,19H,4-7,10-13H2,1-3H3. The molecule has 1 unspecified atom stereocenters. The second kappa shape index (κ2) is 8.28. The lowest BCUT2D eigenvalue weighted by Crippen LogP contribution is -2.27. The van der Waals surface area contributed by atoms with E-state index in [1.54, 1.807) is 0 Å². The largest absolute Gasteiger partial charge is 0.492 e. The van der Waals surface area contributed by atoms with Gasteiger partial charge < -0.3 is 15.0 Å². The molecule has 1 atom stereocenters. The lowest BCUT2D eigenvalue weighted by Gasteiger charge is -2.21. The summed E-state index contributed by atoms with van der Waals surface area (Å²) in [5.41, 5.74) is 2.40. The predicted molar refractivity (Wildman–Crippen MR) is 90.3 cm³/mol. The lowest BCUT2D eigenvalue weighted by molar-refractivity contribution is 0.285. The quantitative estimate of drug-likeness (QED) is 0.854. The van der Waals surface area contributed by atoms with E-state index in [0.717, 1.165) is 11.4 Å².